The third-order valence-corrected chi connectivity index (χ3v) is 8.86. The molecular weight excluding hydrogens is 520 g/mol. The molecule has 0 bridgehead atoms. The number of furan rings is 1. The molecule has 0 aliphatic rings. The van der Waals surface area contributed by atoms with Crippen LogP contribution in [0.5, 0.6) is 0 Å². The Balaban J connectivity index is 1.46. The summed E-state index contributed by atoms with van der Waals surface area (Å²) in [6.07, 6.45) is 0. The number of hydrogen-bond donors (Lipinski definition) is 0. The van der Waals surface area contributed by atoms with Crippen molar-refractivity contribution in [2.45, 2.75) is 0 Å². The van der Waals surface area contributed by atoms with Crippen LogP contribution in [0, 0.1) is 0 Å². The van der Waals surface area contributed by atoms with Crippen LogP contribution in [0.4, 0.5) is 0 Å². The number of para-hydroxylation sites is 1. The molecule has 0 radical (unpaired) electrons. The van der Waals surface area contributed by atoms with Gasteiger partial charge in [0.1, 0.15) is 11.2 Å². The van der Waals surface area contributed by atoms with Crippen molar-refractivity contribution in [2.24, 2.45) is 0 Å². The lowest BCUT2D eigenvalue weighted by atomic mass is 9.82. The molecule has 0 saturated heterocycles. The first-order chi connectivity index (χ1) is 21.3. The van der Waals surface area contributed by atoms with Crippen LogP contribution < -0.4 is 0 Å². The van der Waals surface area contributed by atoms with Crippen LogP contribution in [0.3, 0.4) is 0 Å². The highest BCUT2D eigenvalue weighted by Gasteiger charge is 2.21. The van der Waals surface area contributed by atoms with Gasteiger partial charge in [-0.25, -0.2) is 0 Å². The number of benzene rings is 8. The van der Waals surface area contributed by atoms with E-state index < -0.39 is 0 Å². The van der Waals surface area contributed by atoms with Crippen molar-refractivity contribution >= 4 is 54.3 Å². The van der Waals surface area contributed by atoms with Gasteiger partial charge in [-0.05, 0) is 83.9 Å². The molecule has 0 amide bonds. The molecule has 0 fully saturated rings. The second kappa shape index (κ2) is 9.44. The zero-order valence-electron chi connectivity index (χ0n) is 23.4. The monoisotopic (exact) mass is 546 g/mol. The Morgan fingerprint density at radius 3 is 1.53 bits per heavy atom. The first kappa shape index (κ1) is 24.0. The molecule has 0 saturated carbocycles. The Labute approximate surface area is 249 Å². The Morgan fingerprint density at radius 2 is 0.837 bits per heavy atom. The van der Waals surface area contributed by atoms with Crippen molar-refractivity contribution in [2.75, 3.05) is 0 Å². The first-order valence-corrected chi connectivity index (χ1v) is 14.8. The molecule has 0 unspecified atom stereocenters. The minimum Gasteiger partial charge on any atom is -0.456 e. The van der Waals surface area contributed by atoms with E-state index in [4.69, 9.17) is 4.42 Å². The summed E-state index contributed by atoms with van der Waals surface area (Å²) in [6.45, 7) is 0. The van der Waals surface area contributed by atoms with E-state index in [1.165, 1.54) is 65.7 Å². The van der Waals surface area contributed by atoms with Crippen LogP contribution in [-0.4, -0.2) is 0 Å². The summed E-state index contributed by atoms with van der Waals surface area (Å²) >= 11 is 0. The third-order valence-electron chi connectivity index (χ3n) is 8.86. The van der Waals surface area contributed by atoms with Crippen LogP contribution in [0.25, 0.3) is 87.6 Å². The zero-order valence-corrected chi connectivity index (χ0v) is 23.4. The van der Waals surface area contributed by atoms with Crippen molar-refractivity contribution in [1.82, 2.24) is 0 Å². The van der Waals surface area contributed by atoms with Gasteiger partial charge < -0.3 is 4.42 Å². The smallest absolute Gasteiger partial charge is 0.136 e. The predicted octanol–water partition coefficient (Wildman–Crippen LogP) is 12.0. The van der Waals surface area contributed by atoms with Gasteiger partial charge in [-0.2, -0.15) is 0 Å². The molecule has 9 rings (SSSR count). The van der Waals surface area contributed by atoms with E-state index in [1.54, 1.807) is 0 Å². The van der Waals surface area contributed by atoms with E-state index in [0.29, 0.717) is 0 Å². The quantitative estimate of drug-likeness (QED) is 0.201. The summed E-state index contributed by atoms with van der Waals surface area (Å²) in [4.78, 5) is 0. The topological polar surface area (TPSA) is 13.1 Å². The molecule has 43 heavy (non-hydrogen) atoms. The Hall–Kier alpha value is -5.66. The summed E-state index contributed by atoms with van der Waals surface area (Å²) in [7, 11) is 0. The maximum Gasteiger partial charge on any atom is 0.136 e. The highest BCUT2D eigenvalue weighted by atomic mass is 16.3. The maximum absolute atomic E-state index is 6.47. The van der Waals surface area contributed by atoms with Gasteiger partial charge in [-0.15, -0.1) is 0 Å². The number of fused-ring (bicyclic) bond motifs is 6. The van der Waals surface area contributed by atoms with Crippen molar-refractivity contribution < 1.29 is 4.42 Å². The van der Waals surface area contributed by atoms with Gasteiger partial charge in [0, 0.05) is 10.8 Å². The fraction of sp³-hybridized carbons (Fsp3) is 0. The fourth-order valence-electron chi connectivity index (χ4n) is 6.99. The van der Waals surface area contributed by atoms with Crippen LogP contribution in [0.2, 0.25) is 0 Å². The lowest BCUT2D eigenvalue weighted by molar-refractivity contribution is 0.669. The normalized spacial score (nSPS) is 11.7. The van der Waals surface area contributed by atoms with Gasteiger partial charge in [-0.1, -0.05) is 140 Å². The Kier molecular flexibility index (Phi) is 5.27. The number of rotatable bonds is 3. The summed E-state index contributed by atoms with van der Waals surface area (Å²) < 4.78 is 6.47. The van der Waals surface area contributed by atoms with E-state index in [9.17, 15) is 0 Å². The predicted molar refractivity (Wildman–Crippen MR) is 183 cm³/mol. The van der Waals surface area contributed by atoms with Crippen molar-refractivity contribution in [3.05, 3.63) is 158 Å². The van der Waals surface area contributed by atoms with E-state index in [2.05, 4.69) is 152 Å². The summed E-state index contributed by atoms with van der Waals surface area (Å²) in [6, 6.07) is 56.8. The lowest BCUT2D eigenvalue weighted by Gasteiger charge is -2.20. The summed E-state index contributed by atoms with van der Waals surface area (Å²) in [5, 5.41) is 9.75. The van der Waals surface area contributed by atoms with Gasteiger partial charge in [-0.3, -0.25) is 0 Å². The third kappa shape index (κ3) is 3.65. The van der Waals surface area contributed by atoms with Gasteiger partial charge >= 0.3 is 0 Å². The molecular formula is C42H26O. The second-order valence-corrected chi connectivity index (χ2v) is 11.2. The minimum absolute atomic E-state index is 0.905. The summed E-state index contributed by atoms with van der Waals surface area (Å²) in [5.74, 6) is 0. The molecule has 0 aliphatic carbocycles. The largest absolute Gasteiger partial charge is 0.456 e. The molecule has 0 aliphatic heterocycles. The zero-order chi connectivity index (χ0) is 28.3. The Morgan fingerprint density at radius 1 is 0.302 bits per heavy atom. The van der Waals surface area contributed by atoms with Gasteiger partial charge in [0.2, 0.25) is 0 Å². The minimum atomic E-state index is 0.905. The average Bonchev–Trinajstić information content (AvgIpc) is 3.44. The van der Waals surface area contributed by atoms with Gasteiger partial charge in [0.15, 0.2) is 0 Å². The van der Waals surface area contributed by atoms with Crippen LogP contribution in [0.1, 0.15) is 0 Å². The fourth-order valence-corrected chi connectivity index (χ4v) is 6.99. The molecule has 0 N–H and O–H groups in total. The van der Waals surface area contributed by atoms with Crippen molar-refractivity contribution in [3.8, 4) is 33.4 Å². The average molecular weight is 547 g/mol. The summed E-state index contributed by atoms with van der Waals surface area (Å²) in [5.41, 5.74) is 9.15. The van der Waals surface area contributed by atoms with Crippen molar-refractivity contribution in [1.29, 1.82) is 0 Å². The molecule has 8 aromatic carbocycles. The lowest BCUT2D eigenvalue weighted by Crippen LogP contribution is -1.93. The molecule has 1 heterocycles. The maximum atomic E-state index is 6.47. The molecule has 1 heteroatoms. The highest BCUT2D eigenvalue weighted by Crippen LogP contribution is 2.48. The van der Waals surface area contributed by atoms with Crippen molar-refractivity contribution in [3.63, 3.8) is 0 Å². The standard InChI is InChI=1S/C42H26O/c1-2-13-28(14-3-1)36-25-37-30-18-10-11-24-39(30)43-40(37)26-38(36)42-34-21-8-6-19-32(34)41(33-20-7-9-22-35(33)42)31-23-12-16-27-15-4-5-17-29(27)31/h1-26H. The molecule has 0 atom stereocenters. The number of hydrogen-bond acceptors (Lipinski definition) is 1. The second-order valence-electron chi connectivity index (χ2n) is 11.2. The molecule has 1 nitrogen and oxygen atoms in total. The van der Waals surface area contributed by atoms with E-state index >= 15 is 0 Å². The van der Waals surface area contributed by atoms with E-state index in [1.807, 2.05) is 6.07 Å². The SMILES string of the molecule is c1ccc(-c2cc3c(cc2-c2c4ccccc4c(-c4cccc5ccccc45)c4ccccc24)oc2ccccc23)cc1. The molecule has 200 valence electrons. The molecule has 9 aromatic rings. The van der Waals surface area contributed by atoms with Crippen LogP contribution in [0.15, 0.2) is 162 Å². The van der Waals surface area contributed by atoms with Gasteiger partial charge in [0.25, 0.3) is 0 Å². The highest BCUT2D eigenvalue weighted by molar-refractivity contribution is 6.25. The van der Waals surface area contributed by atoms with Gasteiger partial charge in [0.05, 0.1) is 0 Å². The molecule has 0 spiro atoms. The van der Waals surface area contributed by atoms with E-state index in [-0.39, 0.29) is 0 Å². The van der Waals surface area contributed by atoms with Crippen LogP contribution in [-0.2, 0) is 0 Å². The first-order valence-electron chi connectivity index (χ1n) is 14.8. The van der Waals surface area contributed by atoms with Crippen LogP contribution >= 0.6 is 0 Å². The Bertz CT molecular complexity index is 2440. The molecule has 1 aromatic heterocycles. The van der Waals surface area contributed by atoms with E-state index in [0.717, 1.165) is 21.9 Å².